The van der Waals surface area contributed by atoms with E-state index >= 15 is 0 Å². The Morgan fingerprint density at radius 1 is 1.09 bits per heavy atom. The van der Waals surface area contributed by atoms with Crippen LogP contribution in [0.5, 0.6) is 0 Å². The molecule has 1 aliphatic rings. The first-order chi connectivity index (χ1) is 10.7. The van der Waals surface area contributed by atoms with Gasteiger partial charge in [-0.05, 0) is 36.1 Å². The number of carbonyl (C=O) groups is 1. The third kappa shape index (κ3) is 3.20. The number of rotatable bonds is 6. The van der Waals surface area contributed by atoms with Gasteiger partial charge >= 0.3 is 0 Å². The van der Waals surface area contributed by atoms with Crippen molar-refractivity contribution in [2.75, 3.05) is 13.7 Å². The molecule has 0 bridgehead atoms. The van der Waals surface area contributed by atoms with Crippen LogP contribution in [0.4, 0.5) is 0 Å². The lowest BCUT2D eigenvalue weighted by Crippen LogP contribution is -2.32. The average molecular weight is 295 g/mol. The Labute approximate surface area is 131 Å². The summed E-state index contributed by atoms with van der Waals surface area (Å²) >= 11 is 0. The lowest BCUT2D eigenvalue weighted by molar-refractivity contribution is 0.0949. The molecule has 0 aromatic heterocycles. The summed E-state index contributed by atoms with van der Waals surface area (Å²) in [7, 11) is 1.67. The van der Waals surface area contributed by atoms with Crippen molar-refractivity contribution in [2.45, 2.75) is 24.9 Å². The van der Waals surface area contributed by atoms with Gasteiger partial charge in [-0.3, -0.25) is 4.79 Å². The van der Waals surface area contributed by atoms with Gasteiger partial charge in [0.1, 0.15) is 0 Å². The normalized spacial score (nSPS) is 15.3. The summed E-state index contributed by atoms with van der Waals surface area (Å²) in [5, 5.41) is 3.08. The van der Waals surface area contributed by atoms with Crippen LogP contribution in [-0.2, 0) is 16.8 Å². The molecule has 3 nitrogen and oxygen atoms in total. The molecular weight excluding hydrogens is 274 g/mol. The Kier molecular flexibility index (Phi) is 4.25. The number of nitrogens with one attached hydrogen (secondary N) is 1. The molecule has 1 amide bonds. The Bertz CT molecular complexity index is 630. The van der Waals surface area contributed by atoms with Crippen molar-refractivity contribution in [3.05, 3.63) is 71.3 Å². The maximum absolute atomic E-state index is 12.3. The van der Waals surface area contributed by atoms with Crippen LogP contribution < -0.4 is 5.32 Å². The maximum atomic E-state index is 12.3. The first-order valence-corrected chi connectivity index (χ1v) is 7.65. The molecule has 0 saturated heterocycles. The Morgan fingerprint density at radius 2 is 1.77 bits per heavy atom. The van der Waals surface area contributed by atoms with E-state index in [0.717, 1.165) is 18.4 Å². The molecule has 1 saturated carbocycles. The SMILES string of the molecule is COCc1ccc(C(=O)NCC2(c3ccccc3)CC2)cc1. The van der Waals surface area contributed by atoms with Gasteiger partial charge in [-0.1, -0.05) is 42.5 Å². The third-order valence-corrected chi connectivity index (χ3v) is 4.35. The second kappa shape index (κ2) is 6.32. The van der Waals surface area contributed by atoms with Gasteiger partial charge in [0.2, 0.25) is 0 Å². The zero-order valence-corrected chi connectivity index (χ0v) is 12.8. The third-order valence-electron chi connectivity index (χ3n) is 4.35. The fraction of sp³-hybridized carbons (Fsp3) is 0.316. The first-order valence-electron chi connectivity index (χ1n) is 7.65. The van der Waals surface area contributed by atoms with Gasteiger partial charge in [0, 0.05) is 24.6 Å². The molecule has 2 aromatic rings. The van der Waals surface area contributed by atoms with E-state index in [1.807, 2.05) is 30.3 Å². The molecule has 2 aromatic carbocycles. The van der Waals surface area contributed by atoms with E-state index in [2.05, 4.69) is 29.6 Å². The van der Waals surface area contributed by atoms with Gasteiger partial charge < -0.3 is 10.1 Å². The quantitative estimate of drug-likeness (QED) is 0.888. The fourth-order valence-corrected chi connectivity index (χ4v) is 2.78. The Morgan fingerprint density at radius 3 is 2.36 bits per heavy atom. The van der Waals surface area contributed by atoms with E-state index in [-0.39, 0.29) is 11.3 Å². The molecule has 0 spiro atoms. The van der Waals surface area contributed by atoms with Crippen molar-refractivity contribution >= 4 is 5.91 Å². The monoisotopic (exact) mass is 295 g/mol. The highest BCUT2D eigenvalue weighted by Gasteiger charge is 2.44. The fourth-order valence-electron chi connectivity index (χ4n) is 2.78. The lowest BCUT2D eigenvalue weighted by atomic mass is 9.96. The zero-order valence-electron chi connectivity index (χ0n) is 12.8. The number of hydrogen-bond acceptors (Lipinski definition) is 2. The molecule has 114 valence electrons. The summed E-state index contributed by atoms with van der Waals surface area (Å²) in [6, 6.07) is 18.0. The average Bonchev–Trinajstić information content (AvgIpc) is 3.36. The van der Waals surface area contributed by atoms with E-state index in [0.29, 0.717) is 18.7 Å². The summed E-state index contributed by atoms with van der Waals surface area (Å²) in [6.07, 6.45) is 2.29. The summed E-state index contributed by atoms with van der Waals surface area (Å²) < 4.78 is 5.08. The van der Waals surface area contributed by atoms with Crippen LogP contribution in [0.1, 0.15) is 34.3 Å². The van der Waals surface area contributed by atoms with Crippen molar-refractivity contribution < 1.29 is 9.53 Å². The summed E-state index contributed by atoms with van der Waals surface area (Å²) in [5.74, 6) is -0.00817. The van der Waals surface area contributed by atoms with Crippen molar-refractivity contribution in [1.82, 2.24) is 5.32 Å². The predicted octanol–water partition coefficient (Wildman–Crippen LogP) is 3.29. The molecule has 0 unspecified atom stereocenters. The molecule has 1 N–H and O–H groups in total. The first kappa shape index (κ1) is 14.8. The van der Waals surface area contributed by atoms with Crippen molar-refractivity contribution in [2.24, 2.45) is 0 Å². The highest BCUT2D eigenvalue weighted by molar-refractivity contribution is 5.94. The standard InChI is InChI=1S/C19H21NO2/c1-22-13-15-7-9-16(10-8-15)18(21)20-14-19(11-12-19)17-5-3-2-4-6-17/h2-10H,11-14H2,1H3,(H,20,21). The second-order valence-corrected chi connectivity index (χ2v) is 5.96. The maximum Gasteiger partial charge on any atom is 0.251 e. The van der Waals surface area contributed by atoms with Gasteiger partial charge in [-0.25, -0.2) is 0 Å². The molecule has 0 atom stereocenters. The van der Waals surface area contributed by atoms with Crippen LogP contribution in [0.3, 0.4) is 0 Å². The molecule has 1 fully saturated rings. The highest BCUT2D eigenvalue weighted by Crippen LogP contribution is 2.47. The second-order valence-electron chi connectivity index (χ2n) is 5.96. The zero-order chi connectivity index (χ0) is 15.4. The minimum atomic E-state index is -0.00817. The number of amides is 1. The largest absolute Gasteiger partial charge is 0.380 e. The van der Waals surface area contributed by atoms with Crippen molar-refractivity contribution in [3.8, 4) is 0 Å². The Hall–Kier alpha value is -2.13. The van der Waals surface area contributed by atoms with Gasteiger partial charge in [0.25, 0.3) is 5.91 Å². The van der Waals surface area contributed by atoms with Crippen LogP contribution in [0.25, 0.3) is 0 Å². The highest BCUT2D eigenvalue weighted by atomic mass is 16.5. The van der Waals surface area contributed by atoms with Gasteiger partial charge in [-0.2, -0.15) is 0 Å². The minimum Gasteiger partial charge on any atom is -0.380 e. The van der Waals surface area contributed by atoms with E-state index in [4.69, 9.17) is 4.74 Å². The summed E-state index contributed by atoms with van der Waals surface area (Å²) in [6.45, 7) is 1.27. The van der Waals surface area contributed by atoms with Gasteiger partial charge in [0.15, 0.2) is 0 Å². The number of ether oxygens (including phenoxy) is 1. The van der Waals surface area contributed by atoms with E-state index < -0.39 is 0 Å². The summed E-state index contributed by atoms with van der Waals surface area (Å²) in [4.78, 5) is 12.3. The van der Waals surface area contributed by atoms with Crippen LogP contribution in [0, 0.1) is 0 Å². The van der Waals surface area contributed by atoms with E-state index in [9.17, 15) is 4.79 Å². The number of methoxy groups -OCH3 is 1. The number of benzene rings is 2. The molecular formula is C19H21NO2. The van der Waals surface area contributed by atoms with E-state index in [1.165, 1.54) is 5.56 Å². The lowest BCUT2D eigenvalue weighted by Gasteiger charge is -2.16. The Balaban J connectivity index is 1.61. The molecule has 1 aliphatic carbocycles. The van der Waals surface area contributed by atoms with Crippen molar-refractivity contribution in [1.29, 1.82) is 0 Å². The molecule has 0 radical (unpaired) electrons. The minimum absolute atomic E-state index is 0.00817. The van der Waals surface area contributed by atoms with Crippen LogP contribution in [0.2, 0.25) is 0 Å². The van der Waals surface area contributed by atoms with Gasteiger partial charge in [0.05, 0.1) is 6.61 Å². The molecule has 3 rings (SSSR count). The summed E-state index contributed by atoms with van der Waals surface area (Å²) in [5.41, 5.74) is 3.24. The number of hydrogen-bond donors (Lipinski definition) is 1. The predicted molar refractivity (Wildman–Crippen MR) is 86.8 cm³/mol. The molecule has 0 heterocycles. The van der Waals surface area contributed by atoms with Crippen LogP contribution in [0.15, 0.2) is 54.6 Å². The van der Waals surface area contributed by atoms with Gasteiger partial charge in [-0.15, -0.1) is 0 Å². The topological polar surface area (TPSA) is 38.3 Å². The van der Waals surface area contributed by atoms with Crippen LogP contribution >= 0.6 is 0 Å². The van der Waals surface area contributed by atoms with E-state index in [1.54, 1.807) is 7.11 Å². The molecule has 3 heteroatoms. The number of carbonyl (C=O) groups excluding carboxylic acids is 1. The molecule has 22 heavy (non-hydrogen) atoms. The smallest absolute Gasteiger partial charge is 0.251 e. The van der Waals surface area contributed by atoms with Crippen molar-refractivity contribution in [3.63, 3.8) is 0 Å². The van der Waals surface area contributed by atoms with Crippen LogP contribution in [-0.4, -0.2) is 19.6 Å². The molecule has 0 aliphatic heterocycles.